The molecule has 0 spiro atoms. The maximum Gasteiger partial charge on any atom is 0.331 e. The highest BCUT2D eigenvalue weighted by Crippen LogP contribution is 2.12. The molecule has 1 atom stereocenters. The number of carbonyl (C=O) groups is 4. The van der Waals surface area contributed by atoms with Crippen molar-refractivity contribution in [1.82, 2.24) is 5.32 Å². The van der Waals surface area contributed by atoms with E-state index >= 15 is 0 Å². The Morgan fingerprint density at radius 2 is 1.58 bits per heavy atom. The van der Waals surface area contributed by atoms with Crippen LogP contribution < -0.4 is 10.6 Å². The highest BCUT2D eigenvalue weighted by molar-refractivity contribution is 6.00. The number of carbonyl (C=O) groups excluding carboxylic acids is 4. The quantitative estimate of drug-likeness (QED) is 0.395. The maximum absolute atomic E-state index is 12.3. The number of hydrogen-bond acceptors (Lipinski definition) is 6. The van der Waals surface area contributed by atoms with Crippen molar-refractivity contribution in [2.45, 2.75) is 26.3 Å². The number of Topliss-reactive ketones (excluding diaryl/α,β-unsaturated/α-hetero) is 1. The second-order valence-electron chi connectivity index (χ2n) is 7.33. The molecule has 0 aliphatic carbocycles. The molecule has 2 aromatic carbocycles. The van der Waals surface area contributed by atoms with Gasteiger partial charge in [0.05, 0.1) is 6.61 Å². The Bertz CT molecular complexity index is 909. The molecule has 2 amide bonds. The summed E-state index contributed by atoms with van der Waals surface area (Å²) in [5, 5.41) is 14.5. The van der Waals surface area contributed by atoms with E-state index in [0.717, 1.165) is 0 Å². The molecule has 8 nitrogen and oxygen atoms in total. The number of hydrogen-bond donors (Lipinski definition) is 3. The van der Waals surface area contributed by atoms with E-state index in [2.05, 4.69) is 10.6 Å². The van der Waals surface area contributed by atoms with Crippen molar-refractivity contribution in [3.05, 3.63) is 65.7 Å². The topological polar surface area (TPSA) is 122 Å². The lowest BCUT2D eigenvalue weighted by molar-refractivity contribution is -0.145. The molecule has 0 aliphatic rings. The SMILES string of the molecule is CC(C)CC(=O)Nc1ccc(C(=O)COC(=O)C(CO)NC(=O)c2ccccc2)cc1. The van der Waals surface area contributed by atoms with Crippen LogP contribution in [0, 0.1) is 5.92 Å². The average molecular weight is 426 g/mol. The van der Waals surface area contributed by atoms with Crippen LogP contribution in [0.3, 0.4) is 0 Å². The molecule has 0 aromatic heterocycles. The van der Waals surface area contributed by atoms with Gasteiger partial charge in [-0.25, -0.2) is 4.79 Å². The van der Waals surface area contributed by atoms with Gasteiger partial charge in [0.1, 0.15) is 0 Å². The molecule has 0 radical (unpaired) electrons. The van der Waals surface area contributed by atoms with E-state index < -0.39 is 36.9 Å². The van der Waals surface area contributed by atoms with E-state index in [1.54, 1.807) is 42.5 Å². The summed E-state index contributed by atoms with van der Waals surface area (Å²) < 4.78 is 4.95. The minimum atomic E-state index is -1.29. The number of nitrogens with one attached hydrogen (secondary N) is 2. The molecule has 0 fully saturated rings. The number of aliphatic hydroxyl groups is 1. The van der Waals surface area contributed by atoms with Crippen LogP contribution in [0.25, 0.3) is 0 Å². The predicted molar refractivity (Wildman–Crippen MR) is 115 cm³/mol. The molecule has 2 rings (SSSR count). The second kappa shape index (κ2) is 11.6. The van der Waals surface area contributed by atoms with Crippen LogP contribution in [0.4, 0.5) is 5.69 Å². The summed E-state index contributed by atoms with van der Waals surface area (Å²) in [5.74, 6) is -1.80. The van der Waals surface area contributed by atoms with E-state index in [0.29, 0.717) is 23.2 Å². The van der Waals surface area contributed by atoms with Gasteiger partial charge < -0.3 is 20.5 Å². The molecule has 164 valence electrons. The van der Waals surface area contributed by atoms with Crippen molar-refractivity contribution >= 4 is 29.3 Å². The molecular weight excluding hydrogens is 400 g/mol. The first-order valence-corrected chi connectivity index (χ1v) is 9.86. The summed E-state index contributed by atoms with van der Waals surface area (Å²) in [7, 11) is 0. The van der Waals surface area contributed by atoms with Gasteiger partial charge in [0.25, 0.3) is 5.91 Å². The fourth-order valence-corrected chi connectivity index (χ4v) is 2.65. The summed E-state index contributed by atoms with van der Waals surface area (Å²) >= 11 is 0. The molecule has 8 heteroatoms. The first-order valence-electron chi connectivity index (χ1n) is 9.86. The third-order valence-electron chi connectivity index (χ3n) is 4.24. The van der Waals surface area contributed by atoms with Crippen molar-refractivity contribution in [2.75, 3.05) is 18.5 Å². The minimum Gasteiger partial charge on any atom is -0.456 e. The number of benzene rings is 2. The molecule has 0 aliphatic heterocycles. The van der Waals surface area contributed by atoms with Crippen molar-refractivity contribution in [3.8, 4) is 0 Å². The number of amides is 2. The lowest BCUT2D eigenvalue weighted by Crippen LogP contribution is -2.44. The van der Waals surface area contributed by atoms with E-state index in [4.69, 9.17) is 4.74 Å². The summed E-state index contributed by atoms with van der Waals surface area (Å²) in [5.41, 5.74) is 1.18. The predicted octanol–water partition coefficient (Wildman–Crippen LogP) is 2.19. The fraction of sp³-hybridized carbons (Fsp3) is 0.304. The maximum atomic E-state index is 12.3. The van der Waals surface area contributed by atoms with Gasteiger partial charge in [-0.2, -0.15) is 0 Å². The monoisotopic (exact) mass is 426 g/mol. The zero-order valence-corrected chi connectivity index (χ0v) is 17.5. The van der Waals surface area contributed by atoms with Crippen molar-refractivity contribution in [1.29, 1.82) is 0 Å². The Kier molecular flexibility index (Phi) is 8.90. The molecule has 0 bridgehead atoms. The number of anilines is 1. The van der Waals surface area contributed by atoms with Crippen LogP contribution in [0.5, 0.6) is 0 Å². The smallest absolute Gasteiger partial charge is 0.331 e. The summed E-state index contributed by atoms with van der Waals surface area (Å²) in [6, 6.07) is 13.1. The Labute approximate surface area is 180 Å². The van der Waals surface area contributed by atoms with Gasteiger partial charge in [-0.15, -0.1) is 0 Å². The highest BCUT2D eigenvalue weighted by atomic mass is 16.5. The molecule has 31 heavy (non-hydrogen) atoms. The summed E-state index contributed by atoms with van der Waals surface area (Å²) in [6.45, 7) is 2.67. The van der Waals surface area contributed by atoms with E-state index in [-0.39, 0.29) is 11.8 Å². The van der Waals surface area contributed by atoms with Gasteiger partial charge in [0, 0.05) is 23.2 Å². The molecule has 0 saturated heterocycles. The van der Waals surface area contributed by atoms with Crippen molar-refractivity contribution in [3.63, 3.8) is 0 Å². The second-order valence-corrected chi connectivity index (χ2v) is 7.33. The zero-order valence-electron chi connectivity index (χ0n) is 17.5. The zero-order chi connectivity index (χ0) is 22.8. The summed E-state index contributed by atoms with van der Waals surface area (Å²) in [6.07, 6.45) is 0.392. The minimum absolute atomic E-state index is 0.115. The Balaban J connectivity index is 1.86. The third kappa shape index (κ3) is 7.67. The van der Waals surface area contributed by atoms with Gasteiger partial charge >= 0.3 is 5.97 Å². The molecular formula is C23H26N2O6. The third-order valence-corrected chi connectivity index (χ3v) is 4.24. The lowest BCUT2D eigenvalue weighted by Gasteiger charge is -2.15. The van der Waals surface area contributed by atoms with Gasteiger partial charge in [-0.05, 0) is 42.3 Å². The normalized spacial score (nSPS) is 11.5. The Hall–Kier alpha value is -3.52. The van der Waals surface area contributed by atoms with E-state index in [1.807, 2.05) is 13.8 Å². The molecule has 2 aromatic rings. The molecule has 1 unspecified atom stereocenters. The summed E-state index contributed by atoms with van der Waals surface area (Å²) in [4.78, 5) is 48.3. The fourth-order valence-electron chi connectivity index (χ4n) is 2.65. The number of aliphatic hydroxyl groups excluding tert-OH is 1. The first-order chi connectivity index (χ1) is 14.8. The average Bonchev–Trinajstić information content (AvgIpc) is 2.75. The molecule has 0 saturated carbocycles. The lowest BCUT2D eigenvalue weighted by atomic mass is 10.1. The Morgan fingerprint density at radius 3 is 2.16 bits per heavy atom. The van der Waals surface area contributed by atoms with Crippen molar-refractivity contribution in [2.24, 2.45) is 5.92 Å². The number of esters is 1. The highest BCUT2D eigenvalue weighted by Gasteiger charge is 2.23. The number of ketones is 1. The first kappa shape index (κ1) is 23.8. The van der Waals surface area contributed by atoms with Crippen LogP contribution in [0.1, 0.15) is 41.0 Å². The standard InChI is InChI=1S/C23H26N2O6/c1-15(2)12-21(28)24-18-10-8-16(9-11-18)20(27)14-31-23(30)19(13-26)25-22(29)17-6-4-3-5-7-17/h3-11,15,19,26H,12-14H2,1-2H3,(H,24,28)(H,25,29). The van der Waals surface area contributed by atoms with Gasteiger partial charge in [-0.1, -0.05) is 32.0 Å². The largest absolute Gasteiger partial charge is 0.456 e. The van der Waals surface area contributed by atoms with Gasteiger partial charge in [0.2, 0.25) is 5.91 Å². The number of ether oxygens (including phenoxy) is 1. The van der Waals surface area contributed by atoms with Gasteiger partial charge in [-0.3, -0.25) is 14.4 Å². The van der Waals surface area contributed by atoms with Crippen molar-refractivity contribution < 1.29 is 29.0 Å². The van der Waals surface area contributed by atoms with Crippen LogP contribution in [-0.2, 0) is 14.3 Å². The Morgan fingerprint density at radius 1 is 0.935 bits per heavy atom. The van der Waals surface area contributed by atoms with Gasteiger partial charge in [0.15, 0.2) is 18.4 Å². The van der Waals surface area contributed by atoms with E-state index in [9.17, 15) is 24.3 Å². The molecule has 3 N–H and O–H groups in total. The van der Waals surface area contributed by atoms with E-state index in [1.165, 1.54) is 12.1 Å². The van der Waals surface area contributed by atoms with Crippen LogP contribution in [0.2, 0.25) is 0 Å². The number of rotatable bonds is 10. The molecule has 0 heterocycles. The van der Waals surface area contributed by atoms with Crippen LogP contribution in [-0.4, -0.2) is 47.9 Å². The van der Waals surface area contributed by atoms with Crippen LogP contribution >= 0.6 is 0 Å². The van der Waals surface area contributed by atoms with Crippen LogP contribution in [0.15, 0.2) is 54.6 Å².